The predicted molar refractivity (Wildman–Crippen MR) is 79.0 cm³/mol. The van der Waals surface area contributed by atoms with Crippen LogP contribution in [0.2, 0.25) is 0 Å². The molecule has 0 spiro atoms. The molecule has 0 amide bonds. The van der Waals surface area contributed by atoms with Gasteiger partial charge in [-0.2, -0.15) is 0 Å². The van der Waals surface area contributed by atoms with Gasteiger partial charge in [0.05, 0.1) is 11.4 Å². The number of benzene rings is 1. The van der Waals surface area contributed by atoms with Crippen molar-refractivity contribution in [2.75, 3.05) is 30.7 Å². The van der Waals surface area contributed by atoms with Gasteiger partial charge in [-0.1, -0.05) is 13.0 Å². The third-order valence-electron chi connectivity index (χ3n) is 3.69. The van der Waals surface area contributed by atoms with E-state index in [9.17, 15) is 0 Å². The Morgan fingerprint density at radius 2 is 2.06 bits per heavy atom. The van der Waals surface area contributed by atoms with Crippen LogP contribution in [-0.2, 0) is 0 Å². The van der Waals surface area contributed by atoms with Crippen molar-refractivity contribution in [2.24, 2.45) is 0 Å². The van der Waals surface area contributed by atoms with Crippen LogP contribution in [0.25, 0.3) is 0 Å². The zero-order valence-electron chi connectivity index (χ0n) is 11.6. The van der Waals surface area contributed by atoms with Crippen LogP contribution in [0, 0.1) is 6.92 Å². The summed E-state index contributed by atoms with van der Waals surface area (Å²) in [4.78, 5) is 2.55. The Kier molecular flexibility index (Phi) is 4.48. The van der Waals surface area contributed by atoms with Crippen LogP contribution < -0.4 is 11.1 Å². The number of nitrogens with zero attached hydrogens (tertiary/aromatic N) is 1. The molecular formula is C15H25N3. The predicted octanol–water partition coefficient (Wildman–Crippen LogP) is 2.86. The Bertz CT molecular complexity index is 381. The van der Waals surface area contributed by atoms with E-state index in [0.29, 0.717) is 6.04 Å². The van der Waals surface area contributed by atoms with Crippen molar-refractivity contribution < 1.29 is 0 Å². The second-order valence-electron chi connectivity index (χ2n) is 5.35. The van der Waals surface area contributed by atoms with Gasteiger partial charge in [0.2, 0.25) is 0 Å². The lowest BCUT2D eigenvalue weighted by Crippen LogP contribution is -2.39. The quantitative estimate of drug-likeness (QED) is 0.804. The summed E-state index contributed by atoms with van der Waals surface area (Å²) in [5.74, 6) is 0. The molecule has 0 aliphatic carbocycles. The minimum atomic E-state index is 0.572. The van der Waals surface area contributed by atoms with Crippen LogP contribution >= 0.6 is 0 Å². The molecule has 0 unspecified atom stereocenters. The molecule has 3 heteroatoms. The standard InChI is InChI=1S/C15H25N3/c1-3-8-18-9-6-13(7-10-18)17-15-5-4-12(2)11-14(15)16/h4-5,11,13,17H,3,6-10,16H2,1-2H3. The summed E-state index contributed by atoms with van der Waals surface area (Å²) in [6.07, 6.45) is 3.68. The molecule has 1 heterocycles. The van der Waals surface area contributed by atoms with Crippen molar-refractivity contribution in [3.8, 4) is 0 Å². The van der Waals surface area contributed by atoms with Gasteiger partial charge in [0.15, 0.2) is 0 Å². The highest BCUT2D eigenvalue weighted by molar-refractivity contribution is 5.67. The van der Waals surface area contributed by atoms with Crippen LogP contribution in [0.15, 0.2) is 18.2 Å². The summed E-state index contributed by atoms with van der Waals surface area (Å²) < 4.78 is 0. The number of rotatable bonds is 4. The molecule has 2 rings (SSSR count). The van der Waals surface area contributed by atoms with Gasteiger partial charge in [-0.05, 0) is 50.4 Å². The second kappa shape index (κ2) is 6.10. The van der Waals surface area contributed by atoms with E-state index in [0.717, 1.165) is 11.4 Å². The molecule has 0 radical (unpaired) electrons. The van der Waals surface area contributed by atoms with E-state index in [1.165, 1.54) is 44.5 Å². The van der Waals surface area contributed by atoms with E-state index in [2.05, 4.69) is 36.2 Å². The van der Waals surface area contributed by atoms with E-state index in [-0.39, 0.29) is 0 Å². The van der Waals surface area contributed by atoms with Crippen LogP contribution in [0.5, 0.6) is 0 Å². The normalized spacial score (nSPS) is 17.9. The Hall–Kier alpha value is -1.22. The van der Waals surface area contributed by atoms with Gasteiger partial charge in [-0.15, -0.1) is 0 Å². The summed E-state index contributed by atoms with van der Waals surface area (Å²) in [6.45, 7) is 7.97. The smallest absolute Gasteiger partial charge is 0.0576 e. The minimum absolute atomic E-state index is 0.572. The molecule has 3 N–H and O–H groups in total. The molecule has 1 aliphatic rings. The maximum atomic E-state index is 6.04. The first-order valence-electron chi connectivity index (χ1n) is 7.04. The molecule has 0 bridgehead atoms. The van der Waals surface area contributed by atoms with Gasteiger partial charge in [0, 0.05) is 19.1 Å². The number of likely N-dealkylation sites (tertiary alicyclic amines) is 1. The third kappa shape index (κ3) is 3.39. The van der Waals surface area contributed by atoms with Gasteiger partial charge < -0.3 is 16.0 Å². The molecule has 0 atom stereocenters. The molecule has 18 heavy (non-hydrogen) atoms. The lowest BCUT2D eigenvalue weighted by molar-refractivity contribution is 0.219. The van der Waals surface area contributed by atoms with Gasteiger partial charge in [-0.3, -0.25) is 0 Å². The van der Waals surface area contributed by atoms with Crippen molar-refractivity contribution in [3.05, 3.63) is 23.8 Å². The van der Waals surface area contributed by atoms with Gasteiger partial charge >= 0.3 is 0 Å². The maximum Gasteiger partial charge on any atom is 0.0576 e. The molecule has 1 aromatic carbocycles. The summed E-state index contributed by atoms with van der Waals surface area (Å²) in [5.41, 5.74) is 9.22. The Labute approximate surface area is 110 Å². The number of piperidine rings is 1. The van der Waals surface area contributed by atoms with Crippen LogP contribution in [-0.4, -0.2) is 30.6 Å². The van der Waals surface area contributed by atoms with Crippen molar-refractivity contribution >= 4 is 11.4 Å². The van der Waals surface area contributed by atoms with E-state index < -0.39 is 0 Å². The van der Waals surface area contributed by atoms with Crippen LogP contribution in [0.3, 0.4) is 0 Å². The number of hydrogen-bond acceptors (Lipinski definition) is 3. The van der Waals surface area contributed by atoms with Crippen molar-refractivity contribution in [2.45, 2.75) is 39.2 Å². The molecule has 1 aliphatic heterocycles. The topological polar surface area (TPSA) is 41.3 Å². The molecule has 100 valence electrons. The highest BCUT2D eigenvalue weighted by Gasteiger charge is 2.18. The average molecular weight is 247 g/mol. The number of aryl methyl sites for hydroxylation is 1. The van der Waals surface area contributed by atoms with Crippen LogP contribution in [0.1, 0.15) is 31.7 Å². The van der Waals surface area contributed by atoms with Crippen molar-refractivity contribution in [1.29, 1.82) is 0 Å². The molecule has 1 aromatic rings. The van der Waals surface area contributed by atoms with Gasteiger partial charge in [-0.25, -0.2) is 0 Å². The third-order valence-corrected chi connectivity index (χ3v) is 3.69. The zero-order valence-corrected chi connectivity index (χ0v) is 11.6. The second-order valence-corrected chi connectivity index (χ2v) is 5.35. The minimum Gasteiger partial charge on any atom is -0.397 e. The Morgan fingerprint density at radius 1 is 1.33 bits per heavy atom. The maximum absolute atomic E-state index is 6.04. The SMILES string of the molecule is CCCN1CCC(Nc2ccc(C)cc2N)CC1. The summed E-state index contributed by atoms with van der Waals surface area (Å²) in [5, 5.41) is 3.59. The molecular weight excluding hydrogens is 222 g/mol. The Balaban J connectivity index is 1.87. The van der Waals surface area contributed by atoms with E-state index in [1.807, 2.05) is 6.07 Å². The number of nitrogen functional groups attached to an aromatic ring is 1. The first-order chi connectivity index (χ1) is 8.69. The van der Waals surface area contributed by atoms with E-state index >= 15 is 0 Å². The summed E-state index contributed by atoms with van der Waals surface area (Å²) in [6, 6.07) is 6.82. The lowest BCUT2D eigenvalue weighted by Gasteiger charge is -2.32. The molecule has 3 nitrogen and oxygen atoms in total. The van der Waals surface area contributed by atoms with Crippen molar-refractivity contribution in [1.82, 2.24) is 4.90 Å². The molecule has 0 saturated carbocycles. The number of anilines is 2. The monoisotopic (exact) mass is 247 g/mol. The fourth-order valence-electron chi connectivity index (χ4n) is 2.65. The van der Waals surface area contributed by atoms with Crippen molar-refractivity contribution in [3.63, 3.8) is 0 Å². The highest BCUT2D eigenvalue weighted by atomic mass is 15.1. The zero-order chi connectivity index (χ0) is 13.0. The van der Waals surface area contributed by atoms with E-state index in [1.54, 1.807) is 0 Å². The highest BCUT2D eigenvalue weighted by Crippen LogP contribution is 2.23. The molecule has 1 saturated heterocycles. The Morgan fingerprint density at radius 3 is 2.67 bits per heavy atom. The first kappa shape index (κ1) is 13.2. The van der Waals surface area contributed by atoms with Crippen LogP contribution in [0.4, 0.5) is 11.4 Å². The fraction of sp³-hybridized carbons (Fsp3) is 0.600. The van der Waals surface area contributed by atoms with Gasteiger partial charge in [0.1, 0.15) is 0 Å². The molecule has 1 fully saturated rings. The summed E-state index contributed by atoms with van der Waals surface area (Å²) >= 11 is 0. The van der Waals surface area contributed by atoms with E-state index in [4.69, 9.17) is 5.73 Å². The molecule has 0 aromatic heterocycles. The van der Waals surface area contributed by atoms with Gasteiger partial charge in [0.25, 0.3) is 0 Å². The largest absolute Gasteiger partial charge is 0.397 e. The average Bonchev–Trinajstić information content (AvgIpc) is 2.35. The first-order valence-corrected chi connectivity index (χ1v) is 7.04. The lowest BCUT2D eigenvalue weighted by atomic mass is 10.0. The number of nitrogens with two attached hydrogens (primary N) is 1. The summed E-state index contributed by atoms with van der Waals surface area (Å²) in [7, 11) is 0. The number of hydrogen-bond donors (Lipinski definition) is 2. The number of nitrogens with one attached hydrogen (secondary N) is 1. The fourth-order valence-corrected chi connectivity index (χ4v) is 2.65.